The van der Waals surface area contributed by atoms with E-state index in [4.69, 9.17) is 11.6 Å². The van der Waals surface area contributed by atoms with Crippen molar-refractivity contribution in [2.75, 3.05) is 6.61 Å². The van der Waals surface area contributed by atoms with E-state index in [9.17, 15) is 9.18 Å². The summed E-state index contributed by atoms with van der Waals surface area (Å²) in [5.74, 6) is -1.87. The van der Waals surface area contributed by atoms with Crippen LogP contribution in [-0.4, -0.2) is 12.6 Å². The minimum atomic E-state index is -0.951. The van der Waals surface area contributed by atoms with Crippen LogP contribution in [0.4, 0.5) is 4.39 Å². The van der Waals surface area contributed by atoms with Gasteiger partial charge in [0.25, 0.3) is 0 Å². The van der Waals surface area contributed by atoms with Crippen LogP contribution in [0.2, 0.25) is 5.02 Å². The number of benzene rings is 1. The van der Waals surface area contributed by atoms with Gasteiger partial charge in [-0.05, 0) is 30.7 Å². The topological polar surface area (TPSA) is 26.3 Å². The zero-order valence-corrected chi connectivity index (χ0v) is 8.92. The minimum Gasteiger partial charge on any atom is -0.461 e. The molecule has 0 radical (unpaired) electrons. The standard InChI is InChI=1S/C11H10ClFO2/c1-2-15-11(14)10(13)7-8-3-5-9(12)6-4-8/h3-7H,2H2,1H3/b10-7-. The molecule has 1 aromatic carbocycles. The predicted octanol–water partition coefficient (Wildman–Crippen LogP) is 3.21. The van der Waals surface area contributed by atoms with Crippen molar-refractivity contribution in [3.8, 4) is 0 Å². The van der Waals surface area contributed by atoms with Crippen LogP contribution in [0.25, 0.3) is 6.08 Å². The molecule has 0 saturated heterocycles. The summed E-state index contributed by atoms with van der Waals surface area (Å²) in [6, 6.07) is 6.46. The third-order valence-electron chi connectivity index (χ3n) is 1.63. The van der Waals surface area contributed by atoms with Gasteiger partial charge < -0.3 is 4.74 Å². The van der Waals surface area contributed by atoms with Gasteiger partial charge in [-0.15, -0.1) is 0 Å². The van der Waals surface area contributed by atoms with Gasteiger partial charge in [-0.25, -0.2) is 4.79 Å². The van der Waals surface area contributed by atoms with Crippen LogP contribution in [0, 0.1) is 0 Å². The lowest BCUT2D eigenvalue weighted by Gasteiger charge is -1.98. The van der Waals surface area contributed by atoms with E-state index in [1.54, 1.807) is 31.2 Å². The van der Waals surface area contributed by atoms with Gasteiger partial charge in [0.2, 0.25) is 5.83 Å². The van der Waals surface area contributed by atoms with Crippen molar-refractivity contribution >= 4 is 23.6 Å². The fourth-order valence-corrected chi connectivity index (χ4v) is 1.09. The first kappa shape index (κ1) is 11.7. The Balaban J connectivity index is 2.78. The highest BCUT2D eigenvalue weighted by molar-refractivity contribution is 6.30. The minimum absolute atomic E-state index is 0.153. The van der Waals surface area contributed by atoms with Crippen LogP contribution in [-0.2, 0) is 9.53 Å². The number of ether oxygens (including phenoxy) is 1. The third-order valence-corrected chi connectivity index (χ3v) is 1.89. The summed E-state index contributed by atoms with van der Waals surface area (Å²) in [5.41, 5.74) is 0.560. The molecule has 0 saturated carbocycles. The Morgan fingerprint density at radius 3 is 2.60 bits per heavy atom. The van der Waals surface area contributed by atoms with Gasteiger partial charge >= 0.3 is 5.97 Å². The van der Waals surface area contributed by atoms with E-state index in [0.29, 0.717) is 10.6 Å². The second-order valence-corrected chi connectivity index (χ2v) is 3.20. The molecule has 80 valence electrons. The molecule has 0 aliphatic rings. The monoisotopic (exact) mass is 228 g/mol. The van der Waals surface area contributed by atoms with Crippen LogP contribution >= 0.6 is 11.6 Å². The van der Waals surface area contributed by atoms with Gasteiger partial charge in [0, 0.05) is 5.02 Å². The van der Waals surface area contributed by atoms with Crippen molar-refractivity contribution in [3.63, 3.8) is 0 Å². The summed E-state index contributed by atoms with van der Waals surface area (Å²) in [6.45, 7) is 1.77. The highest BCUT2D eigenvalue weighted by Crippen LogP contribution is 2.13. The quantitative estimate of drug-likeness (QED) is 0.587. The molecule has 1 rings (SSSR count). The number of hydrogen-bond donors (Lipinski definition) is 0. The van der Waals surface area contributed by atoms with Crippen LogP contribution in [0.3, 0.4) is 0 Å². The van der Waals surface area contributed by atoms with Crippen molar-refractivity contribution < 1.29 is 13.9 Å². The summed E-state index contributed by atoms with van der Waals surface area (Å²) in [4.78, 5) is 10.9. The number of halogens is 2. The molecular weight excluding hydrogens is 219 g/mol. The Bertz CT molecular complexity index is 371. The molecule has 0 fully saturated rings. The molecule has 0 N–H and O–H groups in total. The van der Waals surface area contributed by atoms with Gasteiger partial charge in [0.1, 0.15) is 0 Å². The van der Waals surface area contributed by atoms with Crippen molar-refractivity contribution in [1.29, 1.82) is 0 Å². The number of esters is 1. The number of hydrogen-bond acceptors (Lipinski definition) is 2. The van der Waals surface area contributed by atoms with E-state index in [2.05, 4.69) is 4.74 Å². The molecular formula is C11H10ClFO2. The van der Waals surface area contributed by atoms with Gasteiger partial charge in [-0.3, -0.25) is 0 Å². The Labute approximate surface area is 92.3 Å². The molecule has 0 unspecified atom stereocenters. The van der Waals surface area contributed by atoms with Gasteiger partial charge in [0.15, 0.2) is 0 Å². The normalized spacial score (nSPS) is 11.3. The maximum atomic E-state index is 13.1. The Hall–Kier alpha value is -1.35. The molecule has 0 spiro atoms. The second kappa shape index (κ2) is 5.51. The maximum Gasteiger partial charge on any atom is 0.367 e. The van der Waals surface area contributed by atoms with E-state index < -0.39 is 11.8 Å². The number of carbonyl (C=O) groups excluding carboxylic acids is 1. The molecule has 4 heteroatoms. The van der Waals surface area contributed by atoms with Crippen molar-refractivity contribution in [2.45, 2.75) is 6.92 Å². The molecule has 1 aromatic rings. The van der Waals surface area contributed by atoms with Gasteiger partial charge in [-0.2, -0.15) is 4.39 Å². The average molecular weight is 229 g/mol. The first-order valence-electron chi connectivity index (χ1n) is 4.43. The Kier molecular flexibility index (Phi) is 4.31. The van der Waals surface area contributed by atoms with Crippen molar-refractivity contribution in [2.24, 2.45) is 0 Å². The van der Waals surface area contributed by atoms with Gasteiger partial charge in [-0.1, -0.05) is 23.7 Å². The molecule has 0 bridgehead atoms. The molecule has 2 nitrogen and oxygen atoms in total. The number of carbonyl (C=O) groups is 1. The van der Waals surface area contributed by atoms with E-state index in [0.717, 1.165) is 6.08 Å². The molecule has 0 amide bonds. The van der Waals surface area contributed by atoms with E-state index in [-0.39, 0.29) is 6.61 Å². The van der Waals surface area contributed by atoms with Crippen LogP contribution in [0.1, 0.15) is 12.5 Å². The summed E-state index contributed by atoms with van der Waals surface area (Å²) >= 11 is 5.65. The first-order chi connectivity index (χ1) is 7.13. The van der Waals surface area contributed by atoms with Gasteiger partial charge in [0.05, 0.1) is 6.61 Å². The van der Waals surface area contributed by atoms with Crippen molar-refractivity contribution in [3.05, 3.63) is 40.7 Å². The largest absolute Gasteiger partial charge is 0.461 e. The fourth-order valence-electron chi connectivity index (χ4n) is 0.964. The smallest absolute Gasteiger partial charge is 0.367 e. The summed E-state index contributed by atoms with van der Waals surface area (Å²) in [6.07, 6.45) is 1.11. The first-order valence-corrected chi connectivity index (χ1v) is 4.81. The van der Waals surface area contributed by atoms with Crippen molar-refractivity contribution in [1.82, 2.24) is 0 Å². The zero-order valence-electron chi connectivity index (χ0n) is 8.17. The predicted molar refractivity (Wildman–Crippen MR) is 57.2 cm³/mol. The lowest BCUT2D eigenvalue weighted by molar-refractivity contribution is -0.140. The van der Waals surface area contributed by atoms with Crippen LogP contribution < -0.4 is 0 Å². The summed E-state index contributed by atoms with van der Waals surface area (Å²) in [5, 5.41) is 0.559. The molecule has 15 heavy (non-hydrogen) atoms. The average Bonchev–Trinajstić information content (AvgIpc) is 2.22. The molecule has 0 aromatic heterocycles. The van der Waals surface area contributed by atoms with Crippen LogP contribution in [0.15, 0.2) is 30.1 Å². The second-order valence-electron chi connectivity index (χ2n) is 2.76. The Morgan fingerprint density at radius 2 is 2.07 bits per heavy atom. The van der Waals surface area contributed by atoms with E-state index in [1.165, 1.54) is 0 Å². The lowest BCUT2D eigenvalue weighted by Crippen LogP contribution is -2.03. The van der Waals surface area contributed by atoms with Crippen LogP contribution in [0.5, 0.6) is 0 Å². The fraction of sp³-hybridized carbons (Fsp3) is 0.182. The molecule has 0 heterocycles. The highest BCUT2D eigenvalue weighted by Gasteiger charge is 2.08. The SMILES string of the molecule is CCOC(=O)/C(F)=C/c1ccc(Cl)cc1. The Morgan fingerprint density at radius 1 is 1.47 bits per heavy atom. The van der Waals surface area contributed by atoms with E-state index >= 15 is 0 Å². The highest BCUT2D eigenvalue weighted by atomic mass is 35.5. The number of rotatable bonds is 3. The third kappa shape index (κ3) is 3.72. The molecule has 0 aliphatic heterocycles. The zero-order chi connectivity index (χ0) is 11.3. The summed E-state index contributed by atoms with van der Waals surface area (Å²) < 4.78 is 17.6. The molecule has 0 aliphatic carbocycles. The molecule has 0 atom stereocenters. The lowest BCUT2D eigenvalue weighted by atomic mass is 10.2. The van der Waals surface area contributed by atoms with E-state index in [1.807, 2.05) is 0 Å². The summed E-state index contributed by atoms with van der Waals surface area (Å²) in [7, 11) is 0. The maximum absolute atomic E-state index is 13.1.